The second kappa shape index (κ2) is 7.72. The van der Waals surface area contributed by atoms with Crippen LogP contribution in [0.3, 0.4) is 0 Å². The topological polar surface area (TPSA) is 76.2 Å². The minimum Gasteiger partial charge on any atom is -0.493 e. The Morgan fingerprint density at radius 2 is 2.16 bits per heavy atom. The molecule has 0 fully saturated rings. The van der Waals surface area contributed by atoms with Gasteiger partial charge in [0.2, 0.25) is 0 Å². The van der Waals surface area contributed by atoms with Crippen LogP contribution >= 0.6 is 11.6 Å². The summed E-state index contributed by atoms with van der Waals surface area (Å²) in [5.74, 6) is 0.800. The number of anilines is 1. The van der Waals surface area contributed by atoms with E-state index in [2.05, 4.69) is 15.3 Å². The van der Waals surface area contributed by atoms with E-state index in [0.29, 0.717) is 34.5 Å². The normalized spacial score (nSPS) is 10.3. The van der Waals surface area contributed by atoms with Gasteiger partial charge >= 0.3 is 0 Å². The van der Waals surface area contributed by atoms with E-state index in [4.69, 9.17) is 21.1 Å². The van der Waals surface area contributed by atoms with Crippen LogP contribution in [0.2, 0.25) is 5.02 Å². The molecule has 3 rings (SSSR count). The van der Waals surface area contributed by atoms with Gasteiger partial charge in [-0.3, -0.25) is 9.78 Å². The van der Waals surface area contributed by atoms with Gasteiger partial charge in [0.15, 0.2) is 11.5 Å². The number of nitrogens with one attached hydrogen (secondary N) is 2. The Balaban J connectivity index is 1.74. The van der Waals surface area contributed by atoms with Crippen molar-refractivity contribution in [1.29, 1.82) is 0 Å². The molecule has 25 heavy (non-hydrogen) atoms. The van der Waals surface area contributed by atoms with Crippen LogP contribution in [0, 0.1) is 0 Å². The van der Waals surface area contributed by atoms with Gasteiger partial charge in [-0.25, -0.2) is 0 Å². The summed E-state index contributed by atoms with van der Waals surface area (Å²) in [6, 6.07) is 10.5. The zero-order chi connectivity index (χ0) is 17.6. The maximum Gasteiger partial charge on any atom is 0.272 e. The molecule has 0 saturated heterocycles. The first-order valence-electron chi connectivity index (χ1n) is 7.50. The molecule has 128 valence electrons. The van der Waals surface area contributed by atoms with Gasteiger partial charge in [-0.2, -0.15) is 0 Å². The van der Waals surface area contributed by atoms with Crippen molar-refractivity contribution >= 4 is 23.2 Å². The number of aromatic amines is 1. The van der Waals surface area contributed by atoms with Crippen LogP contribution in [0.25, 0.3) is 0 Å². The highest BCUT2D eigenvalue weighted by molar-refractivity contribution is 6.31. The first kappa shape index (κ1) is 16.9. The van der Waals surface area contributed by atoms with Crippen molar-refractivity contribution in [1.82, 2.24) is 9.97 Å². The predicted molar refractivity (Wildman–Crippen MR) is 95.3 cm³/mol. The smallest absolute Gasteiger partial charge is 0.272 e. The Morgan fingerprint density at radius 3 is 2.84 bits per heavy atom. The van der Waals surface area contributed by atoms with Crippen molar-refractivity contribution in [2.45, 2.75) is 6.61 Å². The molecule has 1 aromatic carbocycles. The summed E-state index contributed by atoms with van der Waals surface area (Å²) in [5, 5.41) is 3.26. The van der Waals surface area contributed by atoms with Crippen LogP contribution in [-0.2, 0) is 6.61 Å². The minimum atomic E-state index is -0.296. The number of ether oxygens (including phenoxy) is 2. The Morgan fingerprint density at radius 1 is 1.28 bits per heavy atom. The molecule has 0 spiro atoms. The standard InChI is InChI=1S/C18H16ClN3O3/c1-24-16-5-4-14(22-18(23)15-7-13(19)10-21-15)8-17(16)25-11-12-3-2-6-20-9-12/h2-10,21H,11H2,1H3,(H,22,23). The first-order chi connectivity index (χ1) is 12.2. The van der Waals surface area contributed by atoms with Crippen LogP contribution in [0.4, 0.5) is 5.69 Å². The average molecular weight is 358 g/mol. The van der Waals surface area contributed by atoms with Crippen LogP contribution in [0.1, 0.15) is 16.1 Å². The third kappa shape index (κ3) is 4.30. The number of H-pyrrole nitrogens is 1. The van der Waals surface area contributed by atoms with Gasteiger partial charge in [-0.05, 0) is 24.3 Å². The van der Waals surface area contributed by atoms with Crippen molar-refractivity contribution < 1.29 is 14.3 Å². The van der Waals surface area contributed by atoms with Gasteiger partial charge in [0.05, 0.1) is 12.1 Å². The van der Waals surface area contributed by atoms with Crippen LogP contribution in [0.15, 0.2) is 55.0 Å². The molecule has 2 aromatic heterocycles. The van der Waals surface area contributed by atoms with E-state index in [9.17, 15) is 4.79 Å². The highest BCUT2D eigenvalue weighted by Crippen LogP contribution is 2.31. The zero-order valence-corrected chi connectivity index (χ0v) is 14.2. The quantitative estimate of drug-likeness (QED) is 0.701. The Labute approximate surface area is 149 Å². The Kier molecular flexibility index (Phi) is 5.20. The number of hydrogen-bond donors (Lipinski definition) is 2. The van der Waals surface area contributed by atoms with Crippen molar-refractivity contribution in [3.8, 4) is 11.5 Å². The maximum atomic E-state index is 12.2. The molecule has 0 aliphatic heterocycles. The fourth-order valence-corrected chi connectivity index (χ4v) is 2.37. The number of amides is 1. The third-order valence-corrected chi connectivity index (χ3v) is 3.65. The van der Waals surface area contributed by atoms with Crippen LogP contribution in [-0.4, -0.2) is 23.0 Å². The summed E-state index contributed by atoms with van der Waals surface area (Å²) in [5.41, 5.74) is 1.89. The number of rotatable bonds is 6. The van der Waals surface area contributed by atoms with E-state index in [0.717, 1.165) is 5.56 Å². The van der Waals surface area contributed by atoms with E-state index in [1.807, 2.05) is 12.1 Å². The number of methoxy groups -OCH3 is 1. The molecular formula is C18H16ClN3O3. The number of hydrogen-bond acceptors (Lipinski definition) is 4. The summed E-state index contributed by atoms with van der Waals surface area (Å²) in [6.07, 6.45) is 4.98. The zero-order valence-electron chi connectivity index (χ0n) is 13.5. The lowest BCUT2D eigenvalue weighted by Gasteiger charge is -2.13. The second-order valence-corrected chi connectivity index (χ2v) is 5.64. The van der Waals surface area contributed by atoms with E-state index < -0.39 is 0 Å². The minimum absolute atomic E-state index is 0.296. The van der Waals surface area contributed by atoms with Gasteiger partial charge < -0.3 is 19.8 Å². The van der Waals surface area contributed by atoms with Gasteiger partial charge in [0, 0.05) is 35.9 Å². The van der Waals surface area contributed by atoms with Crippen molar-refractivity contribution in [2.24, 2.45) is 0 Å². The fraction of sp³-hybridized carbons (Fsp3) is 0.111. The van der Waals surface area contributed by atoms with Gasteiger partial charge in [0.25, 0.3) is 5.91 Å². The Bertz CT molecular complexity index is 865. The van der Waals surface area contributed by atoms with Crippen molar-refractivity contribution in [2.75, 3.05) is 12.4 Å². The summed E-state index contributed by atoms with van der Waals surface area (Å²) in [6.45, 7) is 0.341. The number of carbonyl (C=O) groups excluding carboxylic acids is 1. The monoisotopic (exact) mass is 357 g/mol. The molecule has 6 nitrogen and oxygen atoms in total. The SMILES string of the molecule is COc1ccc(NC(=O)c2cc(Cl)c[nH]2)cc1OCc1cccnc1. The molecule has 0 radical (unpaired) electrons. The lowest BCUT2D eigenvalue weighted by Crippen LogP contribution is -2.12. The van der Waals surface area contributed by atoms with Crippen LogP contribution < -0.4 is 14.8 Å². The molecule has 2 N–H and O–H groups in total. The summed E-state index contributed by atoms with van der Waals surface area (Å²) >= 11 is 5.82. The molecule has 0 bridgehead atoms. The highest BCUT2D eigenvalue weighted by atomic mass is 35.5. The largest absolute Gasteiger partial charge is 0.493 e. The fourth-order valence-electron chi connectivity index (χ4n) is 2.21. The van der Waals surface area contributed by atoms with E-state index in [-0.39, 0.29) is 5.91 Å². The lowest BCUT2D eigenvalue weighted by atomic mass is 10.2. The van der Waals surface area contributed by atoms with Gasteiger partial charge in [0.1, 0.15) is 12.3 Å². The average Bonchev–Trinajstić information content (AvgIpc) is 3.07. The number of benzene rings is 1. The highest BCUT2D eigenvalue weighted by Gasteiger charge is 2.11. The van der Waals surface area contributed by atoms with Gasteiger partial charge in [-0.15, -0.1) is 0 Å². The molecule has 0 aliphatic carbocycles. The summed E-state index contributed by atoms with van der Waals surface area (Å²) in [4.78, 5) is 19.0. The first-order valence-corrected chi connectivity index (χ1v) is 7.88. The molecule has 0 aliphatic rings. The lowest BCUT2D eigenvalue weighted by molar-refractivity contribution is 0.102. The molecule has 0 unspecified atom stereocenters. The van der Waals surface area contributed by atoms with Crippen molar-refractivity contribution in [3.63, 3.8) is 0 Å². The van der Waals surface area contributed by atoms with E-state index in [1.165, 1.54) is 0 Å². The molecule has 0 atom stereocenters. The summed E-state index contributed by atoms with van der Waals surface area (Å²) in [7, 11) is 1.56. The second-order valence-electron chi connectivity index (χ2n) is 5.20. The number of pyridine rings is 1. The third-order valence-electron chi connectivity index (χ3n) is 3.43. The van der Waals surface area contributed by atoms with Crippen molar-refractivity contribution in [3.05, 3.63) is 71.3 Å². The van der Waals surface area contributed by atoms with E-state index in [1.54, 1.807) is 50.0 Å². The number of nitrogens with zero attached hydrogens (tertiary/aromatic N) is 1. The molecule has 1 amide bonds. The van der Waals surface area contributed by atoms with Gasteiger partial charge in [-0.1, -0.05) is 17.7 Å². The van der Waals surface area contributed by atoms with Crippen LogP contribution in [0.5, 0.6) is 11.5 Å². The predicted octanol–water partition coefficient (Wildman–Crippen LogP) is 3.90. The molecule has 0 saturated carbocycles. The Hall–Kier alpha value is -2.99. The number of halogens is 1. The maximum absolute atomic E-state index is 12.2. The number of aromatic nitrogens is 2. The molecular weight excluding hydrogens is 342 g/mol. The molecule has 2 heterocycles. The number of carbonyl (C=O) groups is 1. The van der Waals surface area contributed by atoms with E-state index >= 15 is 0 Å². The molecule has 3 aromatic rings. The summed E-state index contributed by atoms with van der Waals surface area (Å²) < 4.78 is 11.1. The molecule has 7 heteroatoms.